The third-order valence-corrected chi connectivity index (χ3v) is 4.38. The summed E-state index contributed by atoms with van der Waals surface area (Å²) in [5.41, 5.74) is 3.90. The Kier molecular flexibility index (Phi) is 5.00. The van der Waals surface area contributed by atoms with Crippen molar-refractivity contribution in [3.8, 4) is 11.8 Å². The molecule has 3 N–H and O–H groups in total. The average molecular weight is 370 g/mol. The van der Waals surface area contributed by atoms with Crippen molar-refractivity contribution < 1.29 is 9.90 Å². The standard InChI is InChI=1S/C22H18N4O2/c27-21-10-7-16-14-17(6-8-19(16)26-21)22(28)25-18-4-1-3-15(13-18)5-9-20-23-11-2-12-24-20/h1-4,6,8,11-14,21,26-27H,7,10H2,(H,25,28). The van der Waals surface area contributed by atoms with E-state index in [1.807, 2.05) is 36.4 Å². The molecule has 1 atom stereocenters. The molecule has 0 saturated heterocycles. The monoisotopic (exact) mass is 370 g/mol. The third-order valence-electron chi connectivity index (χ3n) is 4.38. The second-order valence-corrected chi connectivity index (χ2v) is 6.43. The minimum atomic E-state index is -0.530. The van der Waals surface area contributed by atoms with E-state index in [-0.39, 0.29) is 5.91 Å². The fourth-order valence-electron chi connectivity index (χ4n) is 3.00. The number of carbonyl (C=O) groups is 1. The van der Waals surface area contributed by atoms with Crippen LogP contribution in [0.15, 0.2) is 60.9 Å². The van der Waals surface area contributed by atoms with Gasteiger partial charge in [0.15, 0.2) is 0 Å². The van der Waals surface area contributed by atoms with Gasteiger partial charge >= 0.3 is 0 Å². The van der Waals surface area contributed by atoms with Crippen molar-refractivity contribution in [3.05, 3.63) is 83.4 Å². The fraction of sp³-hybridized carbons (Fsp3) is 0.136. The normalized spacial score (nSPS) is 14.8. The van der Waals surface area contributed by atoms with E-state index in [2.05, 4.69) is 32.4 Å². The highest BCUT2D eigenvalue weighted by molar-refractivity contribution is 6.04. The molecule has 28 heavy (non-hydrogen) atoms. The lowest BCUT2D eigenvalue weighted by Crippen LogP contribution is -2.25. The van der Waals surface area contributed by atoms with Crippen LogP contribution in [-0.2, 0) is 6.42 Å². The number of anilines is 2. The van der Waals surface area contributed by atoms with Gasteiger partial charge in [-0.2, -0.15) is 0 Å². The van der Waals surface area contributed by atoms with E-state index in [0.29, 0.717) is 23.5 Å². The van der Waals surface area contributed by atoms with Crippen molar-refractivity contribution in [2.45, 2.75) is 19.1 Å². The average Bonchev–Trinajstić information content (AvgIpc) is 2.73. The Morgan fingerprint density at radius 1 is 1.11 bits per heavy atom. The Hall–Kier alpha value is -3.69. The van der Waals surface area contributed by atoms with Gasteiger partial charge in [-0.25, -0.2) is 9.97 Å². The summed E-state index contributed by atoms with van der Waals surface area (Å²) in [5.74, 6) is 6.16. The number of amides is 1. The topological polar surface area (TPSA) is 87.1 Å². The summed E-state index contributed by atoms with van der Waals surface area (Å²) in [5, 5.41) is 15.6. The second kappa shape index (κ2) is 7.91. The molecule has 6 nitrogen and oxygen atoms in total. The zero-order valence-electron chi connectivity index (χ0n) is 15.0. The molecule has 0 spiro atoms. The molecule has 6 heteroatoms. The lowest BCUT2D eigenvalue weighted by atomic mass is 9.99. The molecule has 1 aromatic heterocycles. The highest BCUT2D eigenvalue weighted by atomic mass is 16.3. The summed E-state index contributed by atoms with van der Waals surface area (Å²) in [6.07, 6.45) is 4.11. The first-order valence-electron chi connectivity index (χ1n) is 8.95. The number of rotatable bonds is 2. The molecule has 1 unspecified atom stereocenters. The summed E-state index contributed by atoms with van der Waals surface area (Å²) < 4.78 is 0. The fourth-order valence-corrected chi connectivity index (χ4v) is 3.00. The Morgan fingerprint density at radius 2 is 1.96 bits per heavy atom. The number of hydrogen-bond acceptors (Lipinski definition) is 5. The molecule has 138 valence electrons. The van der Waals surface area contributed by atoms with Crippen LogP contribution >= 0.6 is 0 Å². The highest BCUT2D eigenvalue weighted by Crippen LogP contribution is 2.25. The number of nitrogens with zero attached hydrogens (tertiary/aromatic N) is 2. The molecule has 0 bridgehead atoms. The summed E-state index contributed by atoms with van der Waals surface area (Å²) in [6, 6.07) is 14.5. The number of hydrogen-bond donors (Lipinski definition) is 3. The van der Waals surface area contributed by atoms with Gasteiger partial charge in [0.25, 0.3) is 5.91 Å². The van der Waals surface area contributed by atoms with Gasteiger partial charge in [0.1, 0.15) is 6.23 Å². The van der Waals surface area contributed by atoms with Crippen LogP contribution in [0.3, 0.4) is 0 Å². The van der Waals surface area contributed by atoms with E-state index < -0.39 is 6.23 Å². The number of aliphatic hydroxyl groups excluding tert-OH is 1. The predicted molar refractivity (Wildman–Crippen MR) is 107 cm³/mol. The zero-order chi connectivity index (χ0) is 19.3. The molecule has 1 aliphatic heterocycles. The molecule has 2 aromatic carbocycles. The van der Waals surface area contributed by atoms with Crippen molar-refractivity contribution in [1.29, 1.82) is 0 Å². The lowest BCUT2D eigenvalue weighted by molar-refractivity contribution is 0.102. The van der Waals surface area contributed by atoms with E-state index in [1.165, 1.54) is 0 Å². The molecule has 4 rings (SSSR count). The number of aryl methyl sites for hydroxylation is 1. The molecular weight excluding hydrogens is 352 g/mol. The molecule has 3 aromatic rings. The van der Waals surface area contributed by atoms with Crippen LogP contribution in [0.2, 0.25) is 0 Å². The van der Waals surface area contributed by atoms with Crippen LogP contribution in [0.5, 0.6) is 0 Å². The van der Waals surface area contributed by atoms with Gasteiger partial charge in [-0.1, -0.05) is 12.0 Å². The zero-order valence-corrected chi connectivity index (χ0v) is 15.0. The van der Waals surface area contributed by atoms with Crippen molar-refractivity contribution in [1.82, 2.24) is 9.97 Å². The lowest BCUT2D eigenvalue weighted by Gasteiger charge is -2.23. The van der Waals surface area contributed by atoms with Gasteiger partial charge in [0.05, 0.1) is 0 Å². The summed E-state index contributed by atoms with van der Waals surface area (Å²) >= 11 is 0. The quantitative estimate of drug-likeness (QED) is 0.604. The van der Waals surface area contributed by atoms with Gasteiger partial charge in [-0.15, -0.1) is 0 Å². The maximum absolute atomic E-state index is 12.6. The van der Waals surface area contributed by atoms with E-state index in [9.17, 15) is 9.90 Å². The van der Waals surface area contributed by atoms with Crippen LogP contribution in [0.1, 0.15) is 33.7 Å². The van der Waals surface area contributed by atoms with Gasteiger partial charge in [-0.05, 0) is 66.8 Å². The number of fused-ring (bicyclic) bond motifs is 1. The van der Waals surface area contributed by atoms with E-state index >= 15 is 0 Å². The van der Waals surface area contributed by atoms with Crippen molar-refractivity contribution in [2.24, 2.45) is 0 Å². The summed E-state index contributed by atoms with van der Waals surface area (Å²) in [4.78, 5) is 20.8. The molecule has 0 aliphatic carbocycles. The van der Waals surface area contributed by atoms with Crippen LogP contribution in [0.4, 0.5) is 11.4 Å². The summed E-state index contributed by atoms with van der Waals surface area (Å²) in [6.45, 7) is 0. The maximum atomic E-state index is 12.6. The minimum absolute atomic E-state index is 0.189. The third kappa shape index (κ3) is 4.17. The first-order chi connectivity index (χ1) is 13.7. The molecule has 1 amide bonds. The van der Waals surface area contributed by atoms with Crippen LogP contribution in [0.25, 0.3) is 0 Å². The molecule has 0 fully saturated rings. The minimum Gasteiger partial charge on any atom is -0.374 e. The largest absolute Gasteiger partial charge is 0.374 e. The van der Waals surface area contributed by atoms with Gasteiger partial charge in [-0.3, -0.25) is 4.79 Å². The molecule has 1 aliphatic rings. The number of benzene rings is 2. The number of carbonyl (C=O) groups excluding carboxylic acids is 1. The number of nitrogens with one attached hydrogen (secondary N) is 2. The number of aliphatic hydroxyl groups is 1. The number of aromatic nitrogens is 2. The summed E-state index contributed by atoms with van der Waals surface area (Å²) in [7, 11) is 0. The Morgan fingerprint density at radius 3 is 2.82 bits per heavy atom. The van der Waals surface area contributed by atoms with E-state index in [4.69, 9.17) is 0 Å². The maximum Gasteiger partial charge on any atom is 0.255 e. The Labute approximate surface area is 162 Å². The second-order valence-electron chi connectivity index (χ2n) is 6.43. The molecule has 0 saturated carbocycles. The van der Waals surface area contributed by atoms with Crippen molar-refractivity contribution in [2.75, 3.05) is 10.6 Å². The van der Waals surface area contributed by atoms with Crippen molar-refractivity contribution >= 4 is 17.3 Å². The highest BCUT2D eigenvalue weighted by Gasteiger charge is 2.17. The SMILES string of the molecule is O=C(Nc1cccc(C#Cc2ncccn2)c1)c1ccc2c(c1)CCC(O)N2. The van der Waals surface area contributed by atoms with E-state index in [0.717, 1.165) is 23.2 Å². The predicted octanol–water partition coefficient (Wildman–Crippen LogP) is 2.81. The van der Waals surface area contributed by atoms with E-state index in [1.54, 1.807) is 24.5 Å². The van der Waals surface area contributed by atoms with Gasteiger partial charge in [0.2, 0.25) is 5.82 Å². The van der Waals surface area contributed by atoms with Gasteiger partial charge < -0.3 is 15.7 Å². The molecule has 2 heterocycles. The first-order valence-corrected chi connectivity index (χ1v) is 8.95. The smallest absolute Gasteiger partial charge is 0.255 e. The Bertz CT molecular complexity index is 1070. The van der Waals surface area contributed by atoms with Crippen LogP contribution < -0.4 is 10.6 Å². The molecular formula is C22H18N4O2. The molecule has 0 radical (unpaired) electrons. The van der Waals surface area contributed by atoms with Crippen LogP contribution in [-0.4, -0.2) is 27.2 Å². The van der Waals surface area contributed by atoms with Crippen LogP contribution in [0, 0.1) is 11.8 Å². The van der Waals surface area contributed by atoms with Gasteiger partial charge in [0, 0.05) is 34.9 Å². The Balaban J connectivity index is 1.49. The van der Waals surface area contributed by atoms with Crippen molar-refractivity contribution in [3.63, 3.8) is 0 Å². The first kappa shape index (κ1) is 17.7.